The zero-order valence-corrected chi connectivity index (χ0v) is 15.0. The molecule has 1 atom stereocenters. The van der Waals surface area contributed by atoms with E-state index in [9.17, 15) is 19.8 Å². The molecule has 0 radical (unpaired) electrons. The number of carbonyl (C=O) groups excluding carboxylic acids is 2. The van der Waals surface area contributed by atoms with Crippen molar-refractivity contribution in [1.29, 1.82) is 0 Å². The van der Waals surface area contributed by atoms with Gasteiger partial charge in [0.1, 0.15) is 11.5 Å². The first-order valence-electron chi connectivity index (χ1n) is 9.31. The number of benzene rings is 2. The SMILES string of the molecule is O=C1c2[nH]cc(CN[C@@H]3CCCN3)c2C(=O)c2c1c(O)c1ccccc1c2O. The number of fused-ring (bicyclic) bond motifs is 3. The van der Waals surface area contributed by atoms with Crippen molar-refractivity contribution in [3.63, 3.8) is 0 Å². The van der Waals surface area contributed by atoms with E-state index >= 15 is 0 Å². The molecule has 1 aromatic heterocycles. The standard InChI is InChI=1S/C21H19N3O4/c25-18-11-4-1-2-5-12(11)19(26)16-15(18)20(27)14-10(9-24-17(14)21(16)28)8-23-13-6-3-7-22-13/h1-2,4-5,9,13,22-26H,3,6-8H2/t13-/m1/s1. The number of aromatic nitrogens is 1. The first kappa shape index (κ1) is 17.0. The minimum absolute atomic E-state index is 0.131. The topological polar surface area (TPSA) is 114 Å². The second kappa shape index (κ2) is 6.19. The van der Waals surface area contributed by atoms with Crippen molar-refractivity contribution in [2.45, 2.75) is 25.6 Å². The van der Waals surface area contributed by atoms with Crippen molar-refractivity contribution in [3.05, 3.63) is 58.4 Å². The number of nitrogens with one attached hydrogen (secondary N) is 3. The molecule has 1 aliphatic heterocycles. The van der Waals surface area contributed by atoms with Gasteiger partial charge in [0.25, 0.3) is 0 Å². The van der Waals surface area contributed by atoms with Crippen LogP contribution in [0.5, 0.6) is 11.5 Å². The number of phenolic OH excluding ortho intramolecular Hbond substituents is 2. The minimum atomic E-state index is -0.492. The fourth-order valence-corrected chi connectivity index (χ4v) is 4.23. The number of ketones is 2. The minimum Gasteiger partial charge on any atom is -0.506 e. The second-order valence-corrected chi connectivity index (χ2v) is 7.24. The summed E-state index contributed by atoms with van der Waals surface area (Å²) >= 11 is 0. The lowest BCUT2D eigenvalue weighted by molar-refractivity contribution is 0.0972. The molecule has 28 heavy (non-hydrogen) atoms. The van der Waals surface area contributed by atoms with Gasteiger partial charge >= 0.3 is 0 Å². The Morgan fingerprint density at radius 3 is 2.32 bits per heavy atom. The van der Waals surface area contributed by atoms with E-state index < -0.39 is 11.6 Å². The summed E-state index contributed by atoms with van der Waals surface area (Å²) in [6.45, 7) is 1.37. The largest absolute Gasteiger partial charge is 0.506 e. The van der Waals surface area contributed by atoms with E-state index in [0.29, 0.717) is 22.9 Å². The molecule has 1 saturated heterocycles. The number of hydrogen-bond acceptors (Lipinski definition) is 6. The summed E-state index contributed by atoms with van der Waals surface area (Å²) < 4.78 is 0. The smallest absolute Gasteiger partial charge is 0.214 e. The van der Waals surface area contributed by atoms with Gasteiger partial charge in [-0.05, 0) is 24.9 Å². The molecule has 0 amide bonds. The van der Waals surface area contributed by atoms with Crippen LogP contribution < -0.4 is 10.6 Å². The third-order valence-corrected chi connectivity index (χ3v) is 5.63. The molecule has 0 spiro atoms. The van der Waals surface area contributed by atoms with Crippen molar-refractivity contribution in [2.24, 2.45) is 0 Å². The number of aromatic hydroxyl groups is 2. The predicted octanol–water partition coefficient (Wildman–Crippen LogP) is 2.15. The molecule has 142 valence electrons. The predicted molar refractivity (Wildman–Crippen MR) is 103 cm³/mol. The van der Waals surface area contributed by atoms with Crippen LogP contribution in [0, 0.1) is 0 Å². The molecule has 2 aromatic carbocycles. The summed E-state index contributed by atoms with van der Waals surface area (Å²) in [4.78, 5) is 29.2. The lowest BCUT2D eigenvalue weighted by Gasteiger charge is -2.20. The van der Waals surface area contributed by atoms with Crippen molar-refractivity contribution >= 4 is 22.3 Å². The van der Waals surface area contributed by atoms with Crippen LogP contribution in [0.15, 0.2) is 30.5 Å². The van der Waals surface area contributed by atoms with Crippen LogP contribution in [0.4, 0.5) is 0 Å². The molecule has 1 aliphatic carbocycles. The van der Waals surface area contributed by atoms with Gasteiger partial charge in [-0.15, -0.1) is 0 Å². The number of aromatic amines is 1. The molecule has 5 N–H and O–H groups in total. The number of H-pyrrole nitrogens is 1. The normalized spacial score (nSPS) is 18.5. The third kappa shape index (κ3) is 2.30. The van der Waals surface area contributed by atoms with Crippen LogP contribution in [-0.4, -0.2) is 39.5 Å². The summed E-state index contributed by atoms with van der Waals surface area (Å²) in [7, 11) is 0. The highest BCUT2D eigenvalue weighted by Gasteiger charge is 2.38. The molecular weight excluding hydrogens is 358 g/mol. The van der Waals surface area contributed by atoms with Gasteiger partial charge in [0.15, 0.2) is 5.78 Å². The second-order valence-electron chi connectivity index (χ2n) is 7.24. The molecule has 7 nitrogen and oxygen atoms in total. The fourth-order valence-electron chi connectivity index (χ4n) is 4.23. The highest BCUT2D eigenvalue weighted by Crippen LogP contribution is 2.44. The molecule has 0 saturated carbocycles. The Morgan fingerprint density at radius 2 is 1.68 bits per heavy atom. The van der Waals surface area contributed by atoms with E-state index in [1.165, 1.54) is 0 Å². The molecule has 7 heteroatoms. The molecule has 5 rings (SSSR count). The zero-order valence-electron chi connectivity index (χ0n) is 15.0. The Kier molecular flexibility index (Phi) is 3.75. The molecular formula is C21H19N3O4. The van der Waals surface area contributed by atoms with Gasteiger partial charge in [-0.1, -0.05) is 24.3 Å². The van der Waals surface area contributed by atoms with E-state index in [4.69, 9.17) is 0 Å². The summed E-state index contributed by atoms with van der Waals surface area (Å²) in [6.07, 6.45) is 3.91. The fraction of sp³-hybridized carbons (Fsp3) is 0.238. The van der Waals surface area contributed by atoms with Crippen molar-refractivity contribution in [2.75, 3.05) is 6.54 Å². The van der Waals surface area contributed by atoms with E-state index in [1.54, 1.807) is 30.5 Å². The van der Waals surface area contributed by atoms with Gasteiger partial charge < -0.3 is 20.5 Å². The summed E-state index contributed by atoms with van der Waals surface area (Å²) in [5, 5.41) is 28.8. The molecule has 0 bridgehead atoms. The summed E-state index contributed by atoms with van der Waals surface area (Å²) in [6, 6.07) is 6.62. The van der Waals surface area contributed by atoms with E-state index in [-0.39, 0.29) is 40.0 Å². The van der Waals surface area contributed by atoms with Crippen LogP contribution in [-0.2, 0) is 6.54 Å². The third-order valence-electron chi connectivity index (χ3n) is 5.63. The highest BCUT2D eigenvalue weighted by molar-refractivity contribution is 6.32. The Labute approximate surface area is 160 Å². The van der Waals surface area contributed by atoms with Crippen molar-refractivity contribution < 1.29 is 19.8 Å². The van der Waals surface area contributed by atoms with Crippen LogP contribution in [0.2, 0.25) is 0 Å². The van der Waals surface area contributed by atoms with Gasteiger partial charge in [-0.3, -0.25) is 14.9 Å². The molecule has 2 heterocycles. The maximum Gasteiger partial charge on any atom is 0.214 e. The number of phenols is 2. The number of rotatable bonds is 3. The average Bonchev–Trinajstić information content (AvgIpc) is 3.37. The Balaban J connectivity index is 1.63. The maximum atomic E-state index is 13.3. The first-order valence-corrected chi connectivity index (χ1v) is 9.31. The average molecular weight is 377 g/mol. The van der Waals surface area contributed by atoms with Gasteiger partial charge in [0.2, 0.25) is 5.78 Å². The summed E-state index contributed by atoms with van der Waals surface area (Å²) in [5.74, 6) is -1.50. The highest BCUT2D eigenvalue weighted by atomic mass is 16.3. The molecule has 3 aromatic rings. The number of carbonyl (C=O) groups is 2. The molecule has 1 fully saturated rings. The van der Waals surface area contributed by atoms with Crippen molar-refractivity contribution in [3.8, 4) is 11.5 Å². The van der Waals surface area contributed by atoms with Gasteiger partial charge in [0.05, 0.1) is 28.6 Å². The number of hydrogen-bond donors (Lipinski definition) is 5. The van der Waals surface area contributed by atoms with Crippen molar-refractivity contribution in [1.82, 2.24) is 15.6 Å². The Bertz CT molecular complexity index is 1140. The van der Waals surface area contributed by atoms with Crippen LogP contribution in [0.25, 0.3) is 10.8 Å². The lowest BCUT2D eigenvalue weighted by atomic mass is 9.83. The van der Waals surface area contributed by atoms with Gasteiger partial charge in [-0.25, -0.2) is 0 Å². The Hall–Kier alpha value is -3.16. The first-order chi connectivity index (χ1) is 13.6. The lowest BCUT2D eigenvalue weighted by Crippen LogP contribution is -2.37. The molecule has 2 aliphatic rings. The Morgan fingerprint density at radius 1 is 1.00 bits per heavy atom. The van der Waals surface area contributed by atoms with Gasteiger partial charge in [0, 0.05) is 23.5 Å². The van der Waals surface area contributed by atoms with E-state index in [1.807, 2.05) is 0 Å². The monoisotopic (exact) mass is 377 g/mol. The maximum absolute atomic E-state index is 13.3. The summed E-state index contributed by atoms with van der Waals surface area (Å²) in [5.41, 5.74) is 0.799. The van der Waals surface area contributed by atoms with E-state index in [2.05, 4.69) is 15.6 Å². The quantitative estimate of drug-likeness (QED) is 0.350. The van der Waals surface area contributed by atoms with Crippen LogP contribution >= 0.6 is 0 Å². The zero-order chi connectivity index (χ0) is 19.4. The van der Waals surface area contributed by atoms with Crippen LogP contribution in [0.1, 0.15) is 50.4 Å². The van der Waals surface area contributed by atoms with Crippen LogP contribution in [0.3, 0.4) is 0 Å². The molecule has 0 unspecified atom stereocenters. The van der Waals surface area contributed by atoms with Gasteiger partial charge in [-0.2, -0.15) is 0 Å². The van der Waals surface area contributed by atoms with E-state index in [0.717, 1.165) is 19.4 Å².